The molecule has 0 radical (unpaired) electrons. The standard InChI is InChI=1S/C12H11NO3S/c1-8-4-9(12(14)15)2-3-11(8)16-6-10-5-13-7-17-10/h2-5,7H,6H2,1H3,(H,14,15). The number of thiazole rings is 1. The summed E-state index contributed by atoms with van der Waals surface area (Å²) in [7, 11) is 0. The van der Waals surface area contributed by atoms with Crippen LogP contribution < -0.4 is 4.74 Å². The molecule has 2 rings (SSSR count). The van der Waals surface area contributed by atoms with E-state index in [0.29, 0.717) is 12.4 Å². The fourth-order valence-corrected chi connectivity index (χ4v) is 1.91. The molecule has 0 fully saturated rings. The Hall–Kier alpha value is -1.88. The predicted molar refractivity (Wildman–Crippen MR) is 64.6 cm³/mol. The molecule has 0 amide bonds. The number of aromatic carboxylic acids is 1. The number of hydrogen-bond donors (Lipinski definition) is 1. The highest BCUT2D eigenvalue weighted by molar-refractivity contribution is 7.09. The number of carbonyl (C=O) groups is 1. The highest BCUT2D eigenvalue weighted by Crippen LogP contribution is 2.21. The fourth-order valence-electron chi connectivity index (χ4n) is 1.41. The Morgan fingerprint density at radius 3 is 2.94 bits per heavy atom. The smallest absolute Gasteiger partial charge is 0.335 e. The molecular formula is C12H11NO3S. The van der Waals surface area contributed by atoms with Crippen LogP contribution in [0.25, 0.3) is 0 Å². The van der Waals surface area contributed by atoms with Crippen molar-refractivity contribution in [2.24, 2.45) is 0 Å². The average Bonchev–Trinajstić information content (AvgIpc) is 2.80. The lowest BCUT2D eigenvalue weighted by Gasteiger charge is -2.08. The molecule has 1 aromatic heterocycles. The number of aromatic nitrogens is 1. The van der Waals surface area contributed by atoms with Crippen LogP contribution in [0.1, 0.15) is 20.8 Å². The van der Waals surface area contributed by atoms with Gasteiger partial charge in [-0.3, -0.25) is 4.98 Å². The van der Waals surface area contributed by atoms with Gasteiger partial charge in [-0.25, -0.2) is 4.79 Å². The minimum absolute atomic E-state index is 0.271. The van der Waals surface area contributed by atoms with Crippen molar-refractivity contribution in [1.29, 1.82) is 0 Å². The van der Waals surface area contributed by atoms with Gasteiger partial charge in [-0.05, 0) is 30.7 Å². The van der Waals surface area contributed by atoms with E-state index in [4.69, 9.17) is 9.84 Å². The summed E-state index contributed by atoms with van der Waals surface area (Å²) in [5.74, 6) is -0.231. The molecule has 0 atom stereocenters. The van der Waals surface area contributed by atoms with Crippen molar-refractivity contribution in [2.75, 3.05) is 0 Å². The Morgan fingerprint density at radius 2 is 2.35 bits per heavy atom. The van der Waals surface area contributed by atoms with Crippen molar-refractivity contribution in [2.45, 2.75) is 13.5 Å². The molecule has 0 saturated carbocycles. The highest BCUT2D eigenvalue weighted by atomic mass is 32.1. The number of rotatable bonds is 4. The Morgan fingerprint density at radius 1 is 1.53 bits per heavy atom. The van der Waals surface area contributed by atoms with Crippen LogP contribution in [0.2, 0.25) is 0 Å². The van der Waals surface area contributed by atoms with Crippen LogP contribution in [0.15, 0.2) is 29.9 Å². The van der Waals surface area contributed by atoms with Crippen LogP contribution in [-0.2, 0) is 6.61 Å². The van der Waals surface area contributed by atoms with Crippen molar-refractivity contribution in [3.63, 3.8) is 0 Å². The second kappa shape index (κ2) is 4.97. The SMILES string of the molecule is Cc1cc(C(=O)O)ccc1OCc1cncs1. The summed E-state index contributed by atoms with van der Waals surface area (Å²) < 4.78 is 5.59. The average molecular weight is 249 g/mol. The molecule has 4 nitrogen and oxygen atoms in total. The summed E-state index contributed by atoms with van der Waals surface area (Å²) in [5, 5.41) is 8.83. The van der Waals surface area contributed by atoms with E-state index < -0.39 is 5.97 Å². The van der Waals surface area contributed by atoms with E-state index in [1.807, 2.05) is 6.92 Å². The number of ether oxygens (including phenoxy) is 1. The number of benzene rings is 1. The van der Waals surface area contributed by atoms with Gasteiger partial charge in [0.25, 0.3) is 0 Å². The van der Waals surface area contributed by atoms with Gasteiger partial charge < -0.3 is 9.84 Å². The van der Waals surface area contributed by atoms with Crippen LogP contribution >= 0.6 is 11.3 Å². The second-order valence-electron chi connectivity index (χ2n) is 3.54. The predicted octanol–water partition coefficient (Wildman–Crippen LogP) is 2.73. The number of carboxylic acid groups (broad SMARTS) is 1. The van der Waals surface area contributed by atoms with Crippen molar-refractivity contribution < 1.29 is 14.6 Å². The van der Waals surface area contributed by atoms with Gasteiger partial charge >= 0.3 is 5.97 Å². The summed E-state index contributed by atoms with van der Waals surface area (Å²) in [6.07, 6.45) is 1.76. The number of nitrogens with zero attached hydrogens (tertiary/aromatic N) is 1. The van der Waals surface area contributed by atoms with Gasteiger partial charge in [-0.1, -0.05) is 0 Å². The minimum Gasteiger partial charge on any atom is -0.488 e. The largest absolute Gasteiger partial charge is 0.488 e. The zero-order valence-electron chi connectivity index (χ0n) is 9.21. The number of hydrogen-bond acceptors (Lipinski definition) is 4. The molecule has 88 valence electrons. The maximum absolute atomic E-state index is 10.8. The van der Waals surface area contributed by atoms with Gasteiger partial charge in [0.2, 0.25) is 0 Å². The first-order chi connectivity index (χ1) is 8.16. The maximum Gasteiger partial charge on any atom is 0.335 e. The van der Waals surface area contributed by atoms with Gasteiger partial charge in [0.1, 0.15) is 12.4 Å². The topological polar surface area (TPSA) is 59.4 Å². The first-order valence-corrected chi connectivity index (χ1v) is 5.89. The van der Waals surface area contributed by atoms with Gasteiger partial charge in [0.05, 0.1) is 16.0 Å². The minimum atomic E-state index is -0.929. The van der Waals surface area contributed by atoms with Crippen molar-refractivity contribution in [3.05, 3.63) is 45.9 Å². The summed E-state index contributed by atoms with van der Waals surface area (Å²) in [6, 6.07) is 4.82. The molecule has 0 aliphatic carbocycles. The maximum atomic E-state index is 10.8. The number of carboxylic acids is 1. The van der Waals surface area contributed by atoms with Crippen molar-refractivity contribution in [3.8, 4) is 5.75 Å². The third-order valence-corrected chi connectivity index (χ3v) is 3.03. The molecular weight excluding hydrogens is 238 g/mol. The Bertz CT molecular complexity index is 523. The fraction of sp³-hybridized carbons (Fsp3) is 0.167. The zero-order valence-corrected chi connectivity index (χ0v) is 10.0. The van der Waals surface area contributed by atoms with E-state index in [1.165, 1.54) is 17.4 Å². The second-order valence-corrected chi connectivity index (χ2v) is 4.51. The van der Waals surface area contributed by atoms with E-state index in [9.17, 15) is 4.79 Å². The lowest BCUT2D eigenvalue weighted by molar-refractivity contribution is 0.0696. The van der Waals surface area contributed by atoms with Crippen LogP contribution in [0, 0.1) is 6.92 Å². The summed E-state index contributed by atoms with van der Waals surface area (Å²) in [4.78, 5) is 15.8. The van der Waals surface area contributed by atoms with Crippen molar-refractivity contribution in [1.82, 2.24) is 4.98 Å². The first-order valence-electron chi connectivity index (χ1n) is 5.01. The van der Waals surface area contributed by atoms with Gasteiger partial charge in [-0.2, -0.15) is 0 Å². The Kier molecular flexibility index (Phi) is 3.39. The zero-order chi connectivity index (χ0) is 12.3. The molecule has 0 aliphatic rings. The van der Waals surface area contributed by atoms with Crippen LogP contribution in [0.5, 0.6) is 5.75 Å². The molecule has 0 spiro atoms. The molecule has 5 heteroatoms. The van der Waals surface area contributed by atoms with Gasteiger partial charge in [0.15, 0.2) is 0 Å². The van der Waals surface area contributed by atoms with E-state index in [1.54, 1.807) is 23.8 Å². The number of aryl methyl sites for hydroxylation is 1. The quantitative estimate of drug-likeness (QED) is 0.905. The van der Waals surface area contributed by atoms with Crippen molar-refractivity contribution >= 4 is 17.3 Å². The molecule has 0 unspecified atom stereocenters. The lowest BCUT2D eigenvalue weighted by Crippen LogP contribution is -1.99. The van der Waals surface area contributed by atoms with E-state index in [0.717, 1.165) is 10.4 Å². The van der Waals surface area contributed by atoms with Crippen LogP contribution in [0.3, 0.4) is 0 Å². The van der Waals surface area contributed by atoms with Crippen LogP contribution in [0.4, 0.5) is 0 Å². The summed E-state index contributed by atoms with van der Waals surface area (Å²) in [6.45, 7) is 2.28. The Balaban J connectivity index is 2.09. The van der Waals surface area contributed by atoms with E-state index in [2.05, 4.69) is 4.98 Å². The molecule has 1 aromatic carbocycles. The molecule has 2 aromatic rings. The van der Waals surface area contributed by atoms with Gasteiger partial charge in [-0.15, -0.1) is 11.3 Å². The molecule has 1 N–H and O–H groups in total. The highest BCUT2D eigenvalue weighted by Gasteiger charge is 2.06. The van der Waals surface area contributed by atoms with Crippen LogP contribution in [-0.4, -0.2) is 16.1 Å². The normalized spacial score (nSPS) is 10.2. The summed E-state index contributed by atoms with van der Waals surface area (Å²) in [5.41, 5.74) is 2.83. The molecule has 1 heterocycles. The van der Waals surface area contributed by atoms with E-state index in [-0.39, 0.29) is 5.56 Å². The molecule has 0 bridgehead atoms. The molecule has 0 aliphatic heterocycles. The third kappa shape index (κ3) is 2.82. The lowest BCUT2D eigenvalue weighted by atomic mass is 10.1. The third-order valence-electron chi connectivity index (χ3n) is 2.28. The van der Waals surface area contributed by atoms with E-state index >= 15 is 0 Å². The molecule has 17 heavy (non-hydrogen) atoms. The monoisotopic (exact) mass is 249 g/mol. The Labute approximate surface area is 103 Å². The van der Waals surface area contributed by atoms with Gasteiger partial charge in [0, 0.05) is 6.20 Å². The first kappa shape index (κ1) is 11.6. The summed E-state index contributed by atoms with van der Waals surface area (Å²) >= 11 is 1.53. The molecule has 0 saturated heterocycles.